The molecule has 2 heteroatoms. The Bertz CT molecular complexity index is 1700. The van der Waals surface area contributed by atoms with Crippen molar-refractivity contribution in [2.75, 3.05) is 0 Å². The third-order valence-electron chi connectivity index (χ3n) is 6.32. The van der Waals surface area contributed by atoms with E-state index in [9.17, 15) is 0 Å². The molecule has 0 aliphatic rings. The molecule has 4 aromatic carbocycles. The minimum atomic E-state index is 0.366. The van der Waals surface area contributed by atoms with E-state index in [-0.39, 0.29) is 0 Å². The fourth-order valence-corrected chi connectivity index (χ4v) is 4.45. The molecule has 0 saturated heterocycles. The standard InChI is InChI=1S/C37H32N2/c1-4-6-8-9-11-18-28(17-10-7-5-2)37(39-3)27-36(38)31-21-16-20-29(25-31)35-26-30-19-12-13-22-32(30)33-23-14-15-24-34(33)35/h4-27,38H,1,3H2,2H3/b7-5+,8-6-,11-9-,17-10+,28-18+,37-27-,38-36?. The summed E-state index contributed by atoms with van der Waals surface area (Å²) >= 11 is 0. The maximum Gasteiger partial charge on any atom is 0.0716 e. The van der Waals surface area contributed by atoms with E-state index in [0.717, 1.165) is 22.3 Å². The van der Waals surface area contributed by atoms with E-state index in [1.807, 2.05) is 73.7 Å². The number of aliphatic imine (C=N–C) groups is 1. The van der Waals surface area contributed by atoms with Crippen LogP contribution < -0.4 is 0 Å². The van der Waals surface area contributed by atoms with Crippen molar-refractivity contribution >= 4 is 34.0 Å². The smallest absolute Gasteiger partial charge is 0.0716 e. The molecule has 0 aliphatic heterocycles. The Kier molecular flexibility index (Phi) is 9.31. The van der Waals surface area contributed by atoms with Crippen LogP contribution in [0.3, 0.4) is 0 Å². The van der Waals surface area contributed by atoms with Crippen LogP contribution in [0.2, 0.25) is 0 Å². The largest absolute Gasteiger partial charge is 0.300 e. The normalized spacial score (nSPS) is 12.9. The highest BCUT2D eigenvalue weighted by Gasteiger charge is 2.10. The van der Waals surface area contributed by atoms with Gasteiger partial charge in [0.05, 0.1) is 11.4 Å². The highest BCUT2D eigenvalue weighted by molar-refractivity contribution is 6.14. The number of nitrogens with zero attached hydrogens (tertiary/aromatic N) is 1. The van der Waals surface area contributed by atoms with Crippen molar-refractivity contribution in [2.24, 2.45) is 4.99 Å². The van der Waals surface area contributed by atoms with Gasteiger partial charge in [-0.2, -0.15) is 0 Å². The van der Waals surface area contributed by atoms with E-state index in [1.165, 1.54) is 21.5 Å². The first kappa shape index (κ1) is 27.0. The summed E-state index contributed by atoms with van der Waals surface area (Å²) < 4.78 is 0. The van der Waals surface area contributed by atoms with Crippen LogP contribution in [-0.2, 0) is 0 Å². The van der Waals surface area contributed by atoms with E-state index < -0.39 is 0 Å². The third-order valence-corrected chi connectivity index (χ3v) is 6.32. The minimum absolute atomic E-state index is 0.366. The number of benzene rings is 4. The van der Waals surface area contributed by atoms with E-state index in [2.05, 4.69) is 85.0 Å². The van der Waals surface area contributed by atoms with Crippen molar-refractivity contribution in [3.05, 3.63) is 169 Å². The molecule has 0 spiro atoms. The molecule has 0 radical (unpaired) electrons. The summed E-state index contributed by atoms with van der Waals surface area (Å²) in [6, 6.07) is 27.4. The summed E-state index contributed by atoms with van der Waals surface area (Å²) in [6.45, 7) is 9.44. The lowest BCUT2D eigenvalue weighted by Gasteiger charge is -2.12. The van der Waals surface area contributed by atoms with Gasteiger partial charge in [-0.3, -0.25) is 4.99 Å². The number of hydrogen-bond acceptors (Lipinski definition) is 2. The third kappa shape index (κ3) is 6.63. The van der Waals surface area contributed by atoms with E-state index in [1.54, 1.807) is 12.2 Å². The van der Waals surface area contributed by atoms with Gasteiger partial charge in [-0.25, -0.2) is 0 Å². The van der Waals surface area contributed by atoms with E-state index >= 15 is 0 Å². The maximum atomic E-state index is 8.92. The highest BCUT2D eigenvalue weighted by atomic mass is 14.7. The Morgan fingerprint density at radius 1 is 0.769 bits per heavy atom. The average Bonchev–Trinajstić information content (AvgIpc) is 2.98. The molecule has 4 rings (SSSR count). The zero-order valence-corrected chi connectivity index (χ0v) is 22.2. The van der Waals surface area contributed by atoms with Gasteiger partial charge in [-0.05, 0) is 64.5 Å². The molecule has 39 heavy (non-hydrogen) atoms. The SMILES string of the molecule is C=C/C=C\C=C/C=C(\C=C\C=C\C)C(=C/C(=N)c1cccc(-c2cc3ccccc3c3ccccc23)c1)/N=C. The Morgan fingerprint density at radius 2 is 1.51 bits per heavy atom. The molecule has 2 nitrogen and oxygen atoms in total. The fraction of sp³-hybridized carbons (Fsp3) is 0.0270. The summed E-state index contributed by atoms with van der Waals surface area (Å²) in [6.07, 6.45) is 20.9. The first-order chi connectivity index (χ1) is 19.2. The molecule has 0 saturated carbocycles. The zero-order chi connectivity index (χ0) is 27.5. The number of rotatable bonds is 10. The van der Waals surface area contributed by atoms with Crippen molar-refractivity contribution in [1.29, 1.82) is 5.41 Å². The van der Waals surface area contributed by atoms with Crippen molar-refractivity contribution < 1.29 is 0 Å². The minimum Gasteiger partial charge on any atom is -0.300 e. The van der Waals surface area contributed by atoms with Gasteiger partial charge in [-0.15, -0.1) is 0 Å². The summed E-state index contributed by atoms with van der Waals surface area (Å²) in [5.41, 5.74) is 4.88. The van der Waals surface area contributed by atoms with Crippen molar-refractivity contribution in [3.63, 3.8) is 0 Å². The van der Waals surface area contributed by atoms with Gasteiger partial charge in [0, 0.05) is 11.1 Å². The first-order valence-electron chi connectivity index (χ1n) is 12.9. The van der Waals surface area contributed by atoms with Crippen LogP contribution in [0.1, 0.15) is 12.5 Å². The summed E-state index contributed by atoms with van der Waals surface area (Å²) in [4.78, 5) is 4.26. The van der Waals surface area contributed by atoms with Crippen LogP contribution in [0.15, 0.2) is 169 Å². The number of allylic oxidation sites excluding steroid dienone is 11. The quantitative estimate of drug-likeness (QED) is 0.127. The van der Waals surface area contributed by atoms with Gasteiger partial charge >= 0.3 is 0 Å². The second-order valence-electron chi connectivity index (χ2n) is 8.89. The maximum absolute atomic E-state index is 8.92. The predicted molar refractivity (Wildman–Crippen MR) is 172 cm³/mol. The van der Waals surface area contributed by atoms with E-state index in [4.69, 9.17) is 5.41 Å². The molecule has 0 aromatic heterocycles. The zero-order valence-electron chi connectivity index (χ0n) is 22.2. The fourth-order valence-electron chi connectivity index (χ4n) is 4.45. The van der Waals surface area contributed by atoms with Crippen LogP contribution in [0, 0.1) is 5.41 Å². The molecule has 190 valence electrons. The molecule has 4 aromatic rings. The monoisotopic (exact) mass is 504 g/mol. The summed E-state index contributed by atoms with van der Waals surface area (Å²) in [5.74, 6) is 0. The molecular weight excluding hydrogens is 472 g/mol. The van der Waals surface area contributed by atoms with Crippen molar-refractivity contribution in [1.82, 2.24) is 0 Å². The van der Waals surface area contributed by atoms with Gasteiger partial charge in [0.15, 0.2) is 0 Å². The molecule has 0 atom stereocenters. The molecule has 0 heterocycles. The average molecular weight is 505 g/mol. The number of hydrogen-bond donors (Lipinski definition) is 1. The molecular formula is C37H32N2. The van der Waals surface area contributed by atoms with E-state index in [0.29, 0.717) is 11.4 Å². The molecule has 0 fully saturated rings. The molecule has 0 aliphatic carbocycles. The van der Waals surface area contributed by atoms with Gasteiger partial charge in [0.25, 0.3) is 0 Å². The van der Waals surface area contributed by atoms with Crippen LogP contribution in [0.4, 0.5) is 0 Å². The van der Waals surface area contributed by atoms with Crippen LogP contribution >= 0.6 is 0 Å². The summed E-state index contributed by atoms with van der Waals surface area (Å²) in [5, 5.41) is 13.8. The molecule has 1 N–H and O–H groups in total. The molecule has 0 bridgehead atoms. The number of fused-ring (bicyclic) bond motifs is 3. The lowest BCUT2D eigenvalue weighted by molar-refractivity contribution is 1.36. The lowest BCUT2D eigenvalue weighted by atomic mass is 9.92. The van der Waals surface area contributed by atoms with Gasteiger partial charge in [-0.1, -0.05) is 134 Å². The van der Waals surface area contributed by atoms with Gasteiger partial charge < -0.3 is 5.41 Å². The topological polar surface area (TPSA) is 36.2 Å². The highest BCUT2D eigenvalue weighted by Crippen LogP contribution is 2.35. The second kappa shape index (κ2) is 13.5. The second-order valence-corrected chi connectivity index (χ2v) is 8.89. The number of nitrogens with one attached hydrogen (secondary N) is 1. The molecule has 0 amide bonds. The van der Waals surface area contributed by atoms with Crippen molar-refractivity contribution in [2.45, 2.75) is 6.92 Å². The van der Waals surface area contributed by atoms with Crippen molar-refractivity contribution in [3.8, 4) is 11.1 Å². The first-order valence-corrected chi connectivity index (χ1v) is 12.9. The lowest BCUT2D eigenvalue weighted by Crippen LogP contribution is -1.98. The Hall–Kier alpha value is -5.08. The Labute approximate surface area is 231 Å². The Balaban J connectivity index is 1.74. The molecule has 0 unspecified atom stereocenters. The van der Waals surface area contributed by atoms with Crippen LogP contribution in [-0.4, -0.2) is 12.4 Å². The summed E-state index contributed by atoms with van der Waals surface area (Å²) in [7, 11) is 0. The van der Waals surface area contributed by atoms with Gasteiger partial charge in [0.1, 0.15) is 0 Å². The predicted octanol–water partition coefficient (Wildman–Crippen LogP) is 9.97. The van der Waals surface area contributed by atoms with Crippen LogP contribution in [0.5, 0.6) is 0 Å². The van der Waals surface area contributed by atoms with Gasteiger partial charge in [0.2, 0.25) is 0 Å². The van der Waals surface area contributed by atoms with Crippen LogP contribution in [0.25, 0.3) is 32.7 Å². The Morgan fingerprint density at radius 3 is 2.28 bits per heavy atom.